The SMILES string of the molecule is Cn1nnc(CC(=O)CNCC(F)(F)F)n1. The molecule has 0 unspecified atom stereocenters. The molecule has 9 heteroatoms. The predicted octanol–water partition coefficient (Wildman–Crippen LogP) is -0.526. The maximum atomic E-state index is 11.7. The van der Waals surface area contributed by atoms with Crippen molar-refractivity contribution < 1.29 is 18.0 Å². The Labute approximate surface area is 88.8 Å². The molecular formula is C7H10F3N5O. The predicted molar refractivity (Wildman–Crippen MR) is 46.4 cm³/mol. The van der Waals surface area contributed by atoms with Crippen molar-refractivity contribution in [3.8, 4) is 0 Å². The van der Waals surface area contributed by atoms with Crippen molar-refractivity contribution in [2.24, 2.45) is 7.05 Å². The van der Waals surface area contributed by atoms with Gasteiger partial charge < -0.3 is 5.32 Å². The van der Waals surface area contributed by atoms with E-state index in [9.17, 15) is 18.0 Å². The normalized spacial score (nSPS) is 11.8. The van der Waals surface area contributed by atoms with Gasteiger partial charge >= 0.3 is 6.18 Å². The molecule has 1 heterocycles. The summed E-state index contributed by atoms with van der Waals surface area (Å²) in [6.45, 7) is -1.55. The number of rotatable bonds is 5. The number of halogens is 3. The minimum absolute atomic E-state index is 0.126. The standard InChI is InChI=1S/C7H10F3N5O/c1-15-13-6(12-14-15)2-5(16)3-11-4-7(8,9)10/h11H,2-4H2,1H3. The van der Waals surface area contributed by atoms with Crippen LogP contribution in [0.4, 0.5) is 13.2 Å². The molecule has 0 saturated carbocycles. The molecule has 6 nitrogen and oxygen atoms in total. The highest BCUT2D eigenvalue weighted by atomic mass is 19.4. The lowest BCUT2D eigenvalue weighted by Crippen LogP contribution is -2.33. The minimum Gasteiger partial charge on any atom is -0.302 e. The number of aryl methyl sites for hydroxylation is 1. The number of carbonyl (C=O) groups excluding carboxylic acids is 1. The first-order chi connectivity index (χ1) is 7.37. The van der Waals surface area contributed by atoms with Crippen molar-refractivity contribution in [3.63, 3.8) is 0 Å². The van der Waals surface area contributed by atoms with E-state index in [4.69, 9.17) is 0 Å². The van der Waals surface area contributed by atoms with E-state index in [1.165, 1.54) is 11.8 Å². The number of nitrogens with one attached hydrogen (secondary N) is 1. The molecule has 0 amide bonds. The molecular weight excluding hydrogens is 227 g/mol. The first-order valence-corrected chi connectivity index (χ1v) is 4.39. The molecule has 0 spiro atoms. The van der Waals surface area contributed by atoms with Crippen molar-refractivity contribution in [3.05, 3.63) is 5.82 Å². The Bertz CT molecular complexity index is 361. The van der Waals surface area contributed by atoms with Crippen LogP contribution >= 0.6 is 0 Å². The molecule has 16 heavy (non-hydrogen) atoms. The first-order valence-electron chi connectivity index (χ1n) is 4.39. The maximum Gasteiger partial charge on any atom is 0.401 e. The molecule has 0 fully saturated rings. The van der Waals surface area contributed by atoms with Gasteiger partial charge in [-0.2, -0.15) is 18.0 Å². The third kappa shape index (κ3) is 4.82. The molecule has 1 aromatic heterocycles. The third-order valence-electron chi connectivity index (χ3n) is 1.55. The average Bonchev–Trinajstić information content (AvgIpc) is 2.48. The van der Waals surface area contributed by atoms with Crippen LogP contribution in [0.2, 0.25) is 0 Å². The number of alkyl halides is 3. The number of carbonyl (C=O) groups is 1. The Hall–Kier alpha value is -1.51. The second kappa shape index (κ2) is 5.01. The highest BCUT2D eigenvalue weighted by Gasteiger charge is 2.26. The highest BCUT2D eigenvalue weighted by molar-refractivity contribution is 5.81. The summed E-state index contributed by atoms with van der Waals surface area (Å²) in [7, 11) is 1.53. The molecule has 0 aliphatic carbocycles. The molecule has 0 saturated heterocycles. The summed E-state index contributed by atoms with van der Waals surface area (Å²) in [4.78, 5) is 12.3. The Morgan fingerprint density at radius 2 is 2.19 bits per heavy atom. The molecule has 0 atom stereocenters. The van der Waals surface area contributed by atoms with E-state index in [0.717, 1.165) is 0 Å². The monoisotopic (exact) mass is 237 g/mol. The summed E-state index contributed by atoms with van der Waals surface area (Å²) in [6, 6.07) is 0. The minimum atomic E-state index is -4.31. The van der Waals surface area contributed by atoms with Crippen LogP contribution in [-0.4, -0.2) is 45.3 Å². The van der Waals surface area contributed by atoms with Crippen LogP contribution in [0.3, 0.4) is 0 Å². The van der Waals surface area contributed by atoms with Gasteiger partial charge in [0.05, 0.1) is 26.6 Å². The Morgan fingerprint density at radius 1 is 1.50 bits per heavy atom. The van der Waals surface area contributed by atoms with Crippen molar-refractivity contribution in [2.75, 3.05) is 13.1 Å². The van der Waals surface area contributed by atoms with Crippen LogP contribution in [-0.2, 0) is 18.3 Å². The zero-order chi connectivity index (χ0) is 12.2. The van der Waals surface area contributed by atoms with Gasteiger partial charge in [0.2, 0.25) is 0 Å². The largest absolute Gasteiger partial charge is 0.401 e. The maximum absolute atomic E-state index is 11.7. The van der Waals surface area contributed by atoms with Crippen molar-refractivity contribution in [2.45, 2.75) is 12.6 Å². The lowest BCUT2D eigenvalue weighted by molar-refractivity contribution is -0.127. The smallest absolute Gasteiger partial charge is 0.302 e. The Kier molecular flexibility index (Phi) is 3.93. The average molecular weight is 237 g/mol. The van der Waals surface area contributed by atoms with E-state index in [1.54, 1.807) is 0 Å². The third-order valence-corrected chi connectivity index (χ3v) is 1.55. The van der Waals surface area contributed by atoms with E-state index in [-0.39, 0.29) is 18.8 Å². The lowest BCUT2D eigenvalue weighted by Gasteiger charge is -2.06. The zero-order valence-corrected chi connectivity index (χ0v) is 8.45. The second-order valence-corrected chi connectivity index (χ2v) is 3.13. The van der Waals surface area contributed by atoms with Gasteiger partial charge in [0.1, 0.15) is 0 Å². The van der Waals surface area contributed by atoms with Crippen LogP contribution < -0.4 is 5.32 Å². The fraction of sp³-hybridized carbons (Fsp3) is 0.714. The van der Waals surface area contributed by atoms with Gasteiger partial charge in [-0.15, -0.1) is 10.2 Å². The number of nitrogens with zero attached hydrogens (tertiary/aromatic N) is 4. The first kappa shape index (κ1) is 12.6. The fourth-order valence-corrected chi connectivity index (χ4v) is 0.977. The second-order valence-electron chi connectivity index (χ2n) is 3.13. The van der Waals surface area contributed by atoms with E-state index >= 15 is 0 Å². The number of aromatic nitrogens is 4. The summed E-state index contributed by atoms with van der Waals surface area (Å²) < 4.78 is 35.2. The fourth-order valence-electron chi connectivity index (χ4n) is 0.977. The summed E-state index contributed by atoms with van der Waals surface area (Å²) in [5, 5.41) is 12.8. The zero-order valence-electron chi connectivity index (χ0n) is 8.45. The van der Waals surface area contributed by atoms with Crippen LogP contribution in [0.15, 0.2) is 0 Å². The van der Waals surface area contributed by atoms with Gasteiger partial charge in [0.15, 0.2) is 11.6 Å². The molecule has 1 rings (SSSR count). The Morgan fingerprint density at radius 3 is 2.69 bits per heavy atom. The van der Waals surface area contributed by atoms with Gasteiger partial charge in [-0.25, -0.2) is 0 Å². The lowest BCUT2D eigenvalue weighted by atomic mass is 10.3. The molecule has 0 radical (unpaired) electrons. The molecule has 90 valence electrons. The van der Waals surface area contributed by atoms with Gasteiger partial charge in [-0.05, 0) is 5.21 Å². The summed E-state index contributed by atoms with van der Waals surface area (Å²) >= 11 is 0. The highest BCUT2D eigenvalue weighted by Crippen LogP contribution is 2.11. The summed E-state index contributed by atoms with van der Waals surface area (Å²) in [5.74, 6) is -0.224. The number of ketones is 1. The molecule has 1 aromatic rings. The van der Waals surface area contributed by atoms with E-state index in [2.05, 4.69) is 15.4 Å². The number of tetrazole rings is 1. The van der Waals surface area contributed by atoms with Crippen molar-refractivity contribution in [1.29, 1.82) is 0 Å². The molecule has 1 N–H and O–H groups in total. The van der Waals surface area contributed by atoms with Gasteiger partial charge in [-0.1, -0.05) is 0 Å². The van der Waals surface area contributed by atoms with Crippen LogP contribution in [0.1, 0.15) is 5.82 Å². The summed E-state index contributed by atoms with van der Waals surface area (Å²) in [6.07, 6.45) is -4.44. The van der Waals surface area contributed by atoms with Crippen molar-refractivity contribution >= 4 is 5.78 Å². The van der Waals surface area contributed by atoms with Crippen LogP contribution in [0.25, 0.3) is 0 Å². The van der Waals surface area contributed by atoms with Gasteiger partial charge in [0, 0.05) is 0 Å². The topological polar surface area (TPSA) is 72.7 Å². The number of hydrogen-bond acceptors (Lipinski definition) is 5. The van der Waals surface area contributed by atoms with Crippen molar-refractivity contribution in [1.82, 2.24) is 25.5 Å². The van der Waals surface area contributed by atoms with E-state index in [1.807, 2.05) is 5.32 Å². The molecule has 0 aliphatic rings. The molecule has 0 aliphatic heterocycles. The quantitative estimate of drug-likeness (QED) is 0.745. The van der Waals surface area contributed by atoms with E-state index < -0.39 is 18.5 Å². The summed E-state index contributed by atoms with van der Waals surface area (Å²) in [5.41, 5.74) is 0. The van der Waals surface area contributed by atoms with E-state index in [0.29, 0.717) is 0 Å². The van der Waals surface area contributed by atoms with Crippen LogP contribution in [0.5, 0.6) is 0 Å². The molecule has 0 aromatic carbocycles. The van der Waals surface area contributed by atoms with Gasteiger partial charge in [-0.3, -0.25) is 4.79 Å². The number of Topliss-reactive ketones (excluding diaryl/α,β-unsaturated/α-hetero) is 1. The Balaban J connectivity index is 2.26. The molecule has 0 bridgehead atoms. The number of hydrogen-bond donors (Lipinski definition) is 1. The van der Waals surface area contributed by atoms with Crippen LogP contribution in [0, 0.1) is 0 Å². The van der Waals surface area contributed by atoms with Gasteiger partial charge in [0.25, 0.3) is 0 Å².